The molecule has 7 heteroatoms. The number of carbonyl (C=O) groups excluding carboxylic acids is 2. The summed E-state index contributed by atoms with van der Waals surface area (Å²) in [5.41, 5.74) is 6.28. The molecule has 3 N–H and O–H groups in total. The Labute approximate surface area is 129 Å². The van der Waals surface area contributed by atoms with Gasteiger partial charge < -0.3 is 20.7 Å². The third-order valence-corrected chi connectivity index (χ3v) is 3.26. The zero-order valence-electron chi connectivity index (χ0n) is 12.2. The second-order valence-corrected chi connectivity index (χ2v) is 4.94. The standard InChI is InChI=1S/C14H20ClN3O3/c1-18(9-12(19)17-7-4-8-21-2)14(20)10-5-3-6-11(16)13(10)15/h3,5-6H,4,7-9,16H2,1-2H3,(H,17,19). The Morgan fingerprint density at radius 3 is 2.81 bits per heavy atom. The first-order valence-corrected chi connectivity index (χ1v) is 6.90. The zero-order chi connectivity index (χ0) is 15.8. The molecule has 1 aromatic carbocycles. The van der Waals surface area contributed by atoms with Crippen LogP contribution in [0.4, 0.5) is 5.69 Å². The van der Waals surface area contributed by atoms with Gasteiger partial charge in [0.15, 0.2) is 0 Å². The highest BCUT2D eigenvalue weighted by Crippen LogP contribution is 2.23. The molecule has 0 spiro atoms. The van der Waals surface area contributed by atoms with Gasteiger partial charge in [-0.2, -0.15) is 0 Å². The summed E-state index contributed by atoms with van der Waals surface area (Å²) in [4.78, 5) is 25.2. The van der Waals surface area contributed by atoms with Crippen LogP contribution in [0.15, 0.2) is 18.2 Å². The molecule has 0 bridgehead atoms. The number of nitrogens with two attached hydrogens (primary N) is 1. The highest BCUT2D eigenvalue weighted by Gasteiger charge is 2.18. The number of methoxy groups -OCH3 is 1. The summed E-state index contributed by atoms with van der Waals surface area (Å²) in [6.45, 7) is 1.04. The van der Waals surface area contributed by atoms with E-state index in [1.54, 1.807) is 25.3 Å². The molecule has 6 nitrogen and oxygen atoms in total. The molecular weight excluding hydrogens is 294 g/mol. The van der Waals surface area contributed by atoms with Gasteiger partial charge in [0.25, 0.3) is 5.91 Å². The number of hydrogen-bond acceptors (Lipinski definition) is 4. The predicted molar refractivity (Wildman–Crippen MR) is 82.3 cm³/mol. The van der Waals surface area contributed by atoms with Crippen molar-refractivity contribution in [1.82, 2.24) is 10.2 Å². The Hall–Kier alpha value is -1.79. The molecule has 0 heterocycles. The van der Waals surface area contributed by atoms with Gasteiger partial charge in [0.1, 0.15) is 0 Å². The molecule has 0 aliphatic carbocycles. The van der Waals surface area contributed by atoms with Crippen molar-refractivity contribution in [2.75, 3.05) is 39.6 Å². The molecule has 21 heavy (non-hydrogen) atoms. The first-order valence-electron chi connectivity index (χ1n) is 6.52. The lowest BCUT2D eigenvalue weighted by atomic mass is 10.2. The van der Waals surface area contributed by atoms with Crippen LogP contribution in [0, 0.1) is 0 Å². The second kappa shape index (κ2) is 8.49. The number of nitrogens with one attached hydrogen (secondary N) is 1. The number of rotatable bonds is 7. The van der Waals surface area contributed by atoms with Crippen molar-refractivity contribution in [3.63, 3.8) is 0 Å². The van der Waals surface area contributed by atoms with Crippen molar-refractivity contribution >= 4 is 29.1 Å². The van der Waals surface area contributed by atoms with E-state index in [4.69, 9.17) is 22.1 Å². The van der Waals surface area contributed by atoms with E-state index < -0.39 is 0 Å². The number of nitrogens with zero attached hydrogens (tertiary/aromatic N) is 1. The normalized spacial score (nSPS) is 10.2. The number of halogens is 1. The molecule has 2 amide bonds. The van der Waals surface area contributed by atoms with Crippen molar-refractivity contribution in [2.24, 2.45) is 0 Å². The summed E-state index contributed by atoms with van der Waals surface area (Å²) < 4.78 is 4.88. The molecule has 1 aromatic rings. The number of benzene rings is 1. The first kappa shape index (κ1) is 17.3. The van der Waals surface area contributed by atoms with Crippen LogP contribution < -0.4 is 11.1 Å². The van der Waals surface area contributed by atoms with E-state index in [0.29, 0.717) is 18.8 Å². The molecule has 0 saturated carbocycles. The summed E-state index contributed by atoms with van der Waals surface area (Å²) in [6.07, 6.45) is 0.723. The average Bonchev–Trinajstić information content (AvgIpc) is 2.45. The molecule has 0 aliphatic heterocycles. The molecule has 0 aliphatic rings. The lowest BCUT2D eigenvalue weighted by Crippen LogP contribution is -2.39. The van der Waals surface area contributed by atoms with Gasteiger partial charge in [-0.25, -0.2) is 0 Å². The number of ether oxygens (including phenoxy) is 1. The van der Waals surface area contributed by atoms with E-state index in [0.717, 1.165) is 6.42 Å². The summed E-state index contributed by atoms with van der Waals surface area (Å²) in [7, 11) is 3.14. The van der Waals surface area contributed by atoms with Crippen LogP contribution in [0.3, 0.4) is 0 Å². The minimum absolute atomic E-state index is 0.0447. The number of amides is 2. The summed E-state index contributed by atoms with van der Waals surface area (Å²) >= 11 is 6.00. The lowest BCUT2D eigenvalue weighted by Gasteiger charge is -2.18. The van der Waals surface area contributed by atoms with E-state index in [2.05, 4.69) is 5.32 Å². The molecule has 0 radical (unpaired) electrons. The molecule has 0 aromatic heterocycles. The van der Waals surface area contributed by atoms with Crippen LogP contribution in [0.2, 0.25) is 5.02 Å². The summed E-state index contributed by atoms with van der Waals surface area (Å²) in [5, 5.41) is 2.91. The monoisotopic (exact) mass is 313 g/mol. The Morgan fingerprint density at radius 2 is 2.14 bits per heavy atom. The number of anilines is 1. The smallest absolute Gasteiger partial charge is 0.255 e. The van der Waals surface area contributed by atoms with E-state index in [-0.39, 0.29) is 28.9 Å². The molecule has 1 rings (SSSR count). The molecule has 0 fully saturated rings. The van der Waals surface area contributed by atoms with Crippen LogP contribution in [-0.2, 0) is 9.53 Å². The van der Waals surface area contributed by atoms with E-state index in [9.17, 15) is 9.59 Å². The average molecular weight is 314 g/mol. The van der Waals surface area contributed by atoms with E-state index in [1.807, 2.05) is 0 Å². The quantitative estimate of drug-likeness (QED) is 0.584. The zero-order valence-corrected chi connectivity index (χ0v) is 12.9. The van der Waals surface area contributed by atoms with Gasteiger partial charge in [-0.15, -0.1) is 0 Å². The molecule has 116 valence electrons. The minimum atomic E-state index is -0.348. The second-order valence-electron chi connectivity index (χ2n) is 4.57. The topological polar surface area (TPSA) is 84.7 Å². The van der Waals surface area contributed by atoms with Gasteiger partial charge in [-0.1, -0.05) is 17.7 Å². The van der Waals surface area contributed by atoms with Gasteiger partial charge in [0.05, 0.1) is 22.8 Å². The number of nitrogen functional groups attached to an aromatic ring is 1. The minimum Gasteiger partial charge on any atom is -0.398 e. The summed E-state index contributed by atoms with van der Waals surface area (Å²) in [5.74, 6) is -0.582. The first-order chi connectivity index (χ1) is 9.97. The third kappa shape index (κ3) is 5.24. The van der Waals surface area contributed by atoms with Gasteiger partial charge in [-0.3, -0.25) is 9.59 Å². The SMILES string of the molecule is COCCCNC(=O)CN(C)C(=O)c1cccc(N)c1Cl. The van der Waals surface area contributed by atoms with Crippen LogP contribution in [0.1, 0.15) is 16.8 Å². The fourth-order valence-corrected chi connectivity index (χ4v) is 1.91. The summed E-state index contributed by atoms with van der Waals surface area (Å²) in [6, 6.07) is 4.84. The largest absolute Gasteiger partial charge is 0.398 e. The number of carbonyl (C=O) groups is 2. The van der Waals surface area contributed by atoms with Crippen molar-refractivity contribution in [3.8, 4) is 0 Å². The van der Waals surface area contributed by atoms with Crippen LogP contribution in [0.5, 0.6) is 0 Å². The maximum atomic E-state index is 12.2. The molecule has 0 atom stereocenters. The Morgan fingerprint density at radius 1 is 1.43 bits per heavy atom. The van der Waals surface area contributed by atoms with E-state index >= 15 is 0 Å². The third-order valence-electron chi connectivity index (χ3n) is 2.83. The van der Waals surface area contributed by atoms with Crippen LogP contribution >= 0.6 is 11.6 Å². The number of likely N-dealkylation sites (N-methyl/N-ethyl adjacent to an activating group) is 1. The fourth-order valence-electron chi connectivity index (χ4n) is 1.71. The number of hydrogen-bond donors (Lipinski definition) is 2. The van der Waals surface area contributed by atoms with Crippen LogP contribution in [-0.4, -0.2) is 50.6 Å². The predicted octanol–water partition coefficient (Wildman–Crippen LogP) is 1.15. The fraction of sp³-hybridized carbons (Fsp3) is 0.429. The van der Waals surface area contributed by atoms with E-state index in [1.165, 1.54) is 11.9 Å². The van der Waals surface area contributed by atoms with Gasteiger partial charge in [-0.05, 0) is 18.6 Å². The Kier molecular flexibility index (Phi) is 6.98. The van der Waals surface area contributed by atoms with Gasteiger partial charge >= 0.3 is 0 Å². The van der Waals surface area contributed by atoms with Crippen molar-refractivity contribution < 1.29 is 14.3 Å². The van der Waals surface area contributed by atoms with Crippen LogP contribution in [0.25, 0.3) is 0 Å². The maximum Gasteiger partial charge on any atom is 0.255 e. The highest BCUT2D eigenvalue weighted by molar-refractivity contribution is 6.36. The molecule has 0 unspecified atom stereocenters. The van der Waals surface area contributed by atoms with Gasteiger partial charge in [0, 0.05) is 27.3 Å². The van der Waals surface area contributed by atoms with Gasteiger partial charge in [0.2, 0.25) is 5.91 Å². The maximum absolute atomic E-state index is 12.2. The van der Waals surface area contributed by atoms with Crippen molar-refractivity contribution in [3.05, 3.63) is 28.8 Å². The Bertz CT molecular complexity index is 508. The van der Waals surface area contributed by atoms with Crippen molar-refractivity contribution in [2.45, 2.75) is 6.42 Å². The lowest BCUT2D eigenvalue weighted by molar-refractivity contribution is -0.121. The Balaban J connectivity index is 2.55. The van der Waals surface area contributed by atoms with Crippen molar-refractivity contribution in [1.29, 1.82) is 0 Å². The highest BCUT2D eigenvalue weighted by atomic mass is 35.5. The molecular formula is C14H20ClN3O3. The molecule has 0 saturated heterocycles.